The molecule has 230 valence electrons. The molecule has 3 unspecified atom stereocenters. The number of halogens is 2. The first kappa shape index (κ1) is 34.9. The maximum atomic E-state index is 14.9. The molecule has 2 saturated heterocycles. The number of benzene rings is 1. The van der Waals surface area contributed by atoms with Gasteiger partial charge in [-0.05, 0) is 62.8 Å². The van der Waals surface area contributed by atoms with Crippen molar-refractivity contribution in [1.29, 1.82) is 0 Å². The summed E-state index contributed by atoms with van der Waals surface area (Å²) < 4.78 is 34.8. The SMILES string of the molecule is C=C(/C(F)=C\C(F)=C/C)[C@@H]1CN(CC)C[C@H]1C(=O)N(CC)CCC1(CC)c2ccccc2CCC2OC21.CC.CC. The van der Waals surface area contributed by atoms with Crippen LogP contribution in [0.1, 0.15) is 85.8 Å². The van der Waals surface area contributed by atoms with Crippen molar-refractivity contribution in [2.24, 2.45) is 11.8 Å². The zero-order chi connectivity index (χ0) is 30.7. The average Bonchev–Trinajstić information content (AvgIpc) is 3.70. The van der Waals surface area contributed by atoms with Gasteiger partial charge in [0.15, 0.2) is 0 Å². The zero-order valence-electron chi connectivity index (χ0n) is 26.8. The quantitative estimate of drug-likeness (QED) is 0.209. The van der Waals surface area contributed by atoms with Crippen LogP contribution in [0.5, 0.6) is 0 Å². The van der Waals surface area contributed by atoms with E-state index in [1.165, 1.54) is 24.1 Å². The molecule has 4 nitrogen and oxygen atoms in total. The van der Waals surface area contributed by atoms with Crippen molar-refractivity contribution in [2.75, 3.05) is 32.7 Å². The third-order valence-electron chi connectivity index (χ3n) is 8.99. The first-order valence-electron chi connectivity index (χ1n) is 15.9. The number of ether oxygens (including phenoxy) is 1. The van der Waals surface area contributed by atoms with E-state index in [1.807, 2.05) is 46.4 Å². The maximum absolute atomic E-state index is 14.9. The van der Waals surface area contributed by atoms with E-state index in [-0.39, 0.29) is 28.9 Å². The van der Waals surface area contributed by atoms with E-state index in [0.29, 0.717) is 32.3 Å². The van der Waals surface area contributed by atoms with Gasteiger partial charge in [0.25, 0.3) is 0 Å². The minimum atomic E-state index is -0.684. The first-order chi connectivity index (χ1) is 19.8. The van der Waals surface area contributed by atoms with Gasteiger partial charge >= 0.3 is 0 Å². The van der Waals surface area contributed by atoms with Crippen LogP contribution in [0.2, 0.25) is 0 Å². The fourth-order valence-electron chi connectivity index (χ4n) is 6.58. The molecular weight excluding hydrogens is 518 g/mol. The number of carbonyl (C=O) groups is 1. The minimum absolute atomic E-state index is 0.0327. The molecule has 5 atom stereocenters. The Hall–Kier alpha value is -2.31. The monoisotopic (exact) mass is 572 g/mol. The van der Waals surface area contributed by atoms with E-state index in [1.54, 1.807) is 0 Å². The standard InChI is InChI=1S/C31H42F2N2O2.2C2H6/c1-6-23(32)18-27(33)21(5)24-19-34(8-3)20-25(24)30(36)35(9-4)17-16-31(7-2)26-13-11-10-12-22(26)14-15-28-29(31)37-28;2*1-2/h6,10-13,18,24-25,28-29H,5,7-9,14-17,19-20H2,1-4H3;2*1-2H3/b23-6+,27-18+;;/t24-,25+,28?,29?,31?;;/m0../s1. The summed E-state index contributed by atoms with van der Waals surface area (Å²) in [7, 11) is 0. The van der Waals surface area contributed by atoms with Crippen LogP contribution in [0.25, 0.3) is 0 Å². The Morgan fingerprint density at radius 1 is 1.12 bits per heavy atom. The van der Waals surface area contributed by atoms with Gasteiger partial charge in [0.2, 0.25) is 5.91 Å². The topological polar surface area (TPSA) is 36.1 Å². The molecule has 41 heavy (non-hydrogen) atoms. The molecule has 6 heteroatoms. The van der Waals surface area contributed by atoms with Crippen molar-refractivity contribution in [3.8, 4) is 0 Å². The molecular formula is C35H54F2N2O2. The highest BCUT2D eigenvalue weighted by atomic mass is 19.1. The van der Waals surface area contributed by atoms with Gasteiger partial charge in [-0.2, -0.15) is 0 Å². The summed E-state index contributed by atoms with van der Waals surface area (Å²) in [6.07, 6.45) is 6.44. The van der Waals surface area contributed by atoms with E-state index >= 15 is 0 Å². The number of likely N-dealkylation sites (tertiary alicyclic amines) is 1. The molecule has 4 rings (SSSR count). The summed E-state index contributed by atoms with van der Waals surface area (Å²) in [5.41, 5.74) is 2.86. The first-order valence-corrected chi connectivity index (χ1v) is 15.9. The highest BCUT2D eigenvalue weighted by molar-refractivity contribution is 5.80. The predicted octanol–water partition coefficient (Wildman–Crippen LogP) is 8.19. The maximum Gasteiger partial charge on any atom is 0.227 e. The van der Waals surface area contributed by atoms with E-state index in [2.05, 4.69) is 42.7 Å². The van der Waals surface area contributed by atoms with E-state index < -0.39 is 17.6 Å². The molecule has 1 aliphatic carbocycles. The second-order valence-corrected chi connectivity index (χ2v) is 10.7. The van der Waals surface area contributed by atoms with Gasteiger partial charge in [0.05, 0.1) is 18.1 Å². The molecule has 0 radical (unpaired) electrons. The smallest absolute Gasteiger partial charge is 0.227 e. The highest BCUT2D eigenvalue weighted by Crippen LogP contribution is 2.51. The van der Waals surface area contributed by atoms with Crippen molar-refractivity contribution in [3.63, 3.8) is 0 Å². The Morgan fingerprint density at radius 3 is 2.39 bits per heavy atom. The number of carbonyl (C=O) groups excluding carboxylic acids is 1. The second-order valence-electron chi connectivity index (χ2n) is 10.7. The van der Waals surface area contributed by atoms with Gasteiger partial charge in [-0.15, -0.1) is 0 Å². The normalized spacial score (nSPS) is 27.3. The van der Waals surface area contributed by atoms with Gasteiger partial charge in [-0.3, -0.25) is 4.79 Å². The molecule has 2 aliphatic heterocycles. The van der Waals surface area contributed by atoms with Crippen molar-refractivity contribution < 1.29 is 18.3 Å². The van der Waals surface area contributed by atoms with Gasteiger partial charge in [0.1, 0.15) is 11.7 Å². The predicted molar refractivity (Wildman–Crippen MR) is 167 cm³/mol. The number of allylic oxidation sites excluding steroid dienone is 4. The lowest BCUT2D eigenvalue weighted by molar-refractivity contribution is -0.136. The summed E-state index contributed by atoms with van der Waals surface area (Å²) in [6.45, 7) is 22.8. The summed E-state index contributed by atoms with van der Waals surface area (Å²) in [5.74, 6) is -2.07. The van der Waals surface area contributed by atoms with Gasteiger partial charge in [0, 0.05) is 43.6 Å². The molecule has 1 amide bonds. The summed E-state index contributed by atoms with van der Waals surface area (Å²) in [5, 5.41) is 0. The summed E-state index contributed by atoms with van der Waals surface area (Å²) in [6, 6.07) is 8.71. The highest BCUT2D eigenvalue weighted by Gasteiger charge is 2.56. The van der Waals surface area contributed by atoms with Crippen LogP contribution in [0.3, 0.4) is 0 Å². The summed E-state index contributed by atoms with van der Waals surface area (Å²) >= 11 is 0. The molecule has 2 heterocycles. The Bertz CT molecular complexity index is 1070. The number of epoxide rings is 1. The van der Waals surface area contributed by atoms with Gasteiger partial charge < -0.3 is 14.5 Å². The van der Waals surface area contributed by atoms with Gasteiger partial charge in [-0.25, -0.2) is 8.78 Å². The molecule has 1 aromatic carbocycles. The van der Waals surface area contributed by atoms with E-state index in [0.717, 1.165) is 38.3 Å². The van der Waals surface area contributed by atoms with Crippen LogP contribution < -0.4 is 0 Å². The lowest BCUT2D eigenvalue weighted by Gasteiger charge is -2.36. The number of rotatable bonds is 10. The Balaban J connectivity index is 0.00000141. The molecule has 0 aromatic heterocycles. The van der Waals surface area contributed by atoms with Crippen molar-refractivity contribution in [2.45, 2.75) is 98.7 Å². The lowest BCUT2D eigenvalue weighted by Crippen LogP contribution is -2.43. The number of hydrogen-bond donors (Lipinski definition) is 0. The third-order valence-corrected chi connectivity index (χ3v) is 8.99. The van der Waals surface area contributed by atoms with Crippen molar-refractivity contribution >= 4 is 5.91 Å². The average molecular weight is 573 g/mol. The fourth-order valence-corrected chi connectivity index (χ4v) is 6.58. The van der Waals surface area contributed by atoms with Crippen LogP contribution in [0, 0.1) is 11.8 Å². The van der Waals surface area contributed by atoms with Crippen LogP contribution in [-0.2, 0) is 21.4 Å². The zero-order valence-corrected chi connectivity index (χ0v) is 26.8. The number of amides is 1. The Labute approximate surface area is 248 Å². The third kappa shape index (κ3) is 7.75. The van der Waals surface area contributed by atoms with Gasteiger partial charge in [-0.1, -0.05) is 78.5 Å². The number of hydrogen-bond acceptors (Lipinski definition) is 3. The lowest BCUT2D eigenvalue weighted by atomic mass is 9.71. The largest absolute Gasteiger partial charge is 0.369 e. The second kappa shape index (κ2) is 16.4. The molecule has 0 bridgehead atoms. The Morgan fingerprint density at radius 2 is 1.78 bits per heavy atom. The molecule has 0 saturated carbocycles. The fraction of sp³-hybridized carbons (Fsp3) is 0.629. The molecule has 3 aliphatic rings. The number of fused-ring (bicyclic) bond motifs is 2. The van der Waals surface area contributed by atoms with Crippen molar-refractivity contribution in [3.05, 3.63) is 71.4 Å². The molecule has 1 aromatic rings. The van der Waals surface area contributed by atoms with Crippen LogP contribution in [-0.4, -0.2) is 60.6 Å². The molecule has 0 N–H and O–H groups in total. The van der Waals surface area contributed by atoms with Crippen LogP contribution >= 0.6 is 0 Å². The number of aryl methyl sites for hydroxylation is 1. The van der Waals surface area contributed by atoms with E-state index in [9.17, 15) is 13.6 Å². The minimum Gasteiger partial charge on any atom is -0.369 e. The molecule has 2 fully saturated rings. The summed E-state index contributed by atoms with van der Waals surface area (Å²) in [4.78, 5) is 18.0. The Kier molecular flexibility index (Phi) is 13.9. The molecule has 0 spiro atoms. The van der Waals surface area contributed by atoms with Crippen LogP contribution in [0.15, 0.2) is 60.2 Å². The van der Waals surface area contributed by atoms with E-state index in [4.69, 9.17) is 4.74 Å². The number of nitrogens with zero attached hydrogens (tertiary/aromatic N) is 2. The van der Waals surface area contributed by atoms with Crippen molar-refractivity contribution in [1.82, 2.24) is 9.80 Å². The van der Waals surface area contributed by atoms with Crippen LogP contribution in [0.4, 0.5) is 8.78 Å².